The third-order valence-electron chi connectivity index (χ3n) is 4.58. The quantitative estimate of drug-likeness (QED) is 0.542. The molecule has 1 aliphatic heterocycles. The van der Waals surface area contributed by atoms with Gasteiger partial charge in [0.05, 0.1) is 16.2 Å². The van der Waals surface area contributed by atoms with Gasteiger partial charge in [0.2, 0.25) is 0 Å². The third kappa shape index (κ3) is 3.95. The SMILES string of the molecule is FC(F)(F)Oc1cccc(-c2cc(Cl)c3cc(N4CCCC4)ccc3n2)c1. The highest BCUT2D eigenvalue weighted by atomic mass is 35.5. The molecule has 1 aliphatic rings. The standard InChI is InChI=1S/C20H16ClF3N2O/c21-17-12-19(13-4-3-5-15(10-13)27-20(22,23)24)25-18-7-6-14(11-16(17)18)26-8-1-2-9-26/h3-7,10-12H,1-2,8-9H2. The summed E-state index contributed by atoms with van der Waals surface area (Å²) >= 11 is 6.47. The van der Waals surface area contributed by atoms with Crippen molar-refractivity contribution in [1.82, 2.24) is 4.98 Å². The Hall–Kier alpha value is -2.47. The maximum atomic E-state index is 12.5. The molecule has 140 valence electrons. The van der Waals surface area contributed by atoms with E-state index in [1.807, 2.05) is 18.2 Å². The number of hydrogen-bond donors (Lipinski definition) is 0. The lowest BCUT2D eigenvalue weighted by atomic mass is 10.1. The molecular formula is C20H16ClF3N2O. The molecule has 0 radical (unpaired) electrons. The molecule has 2 aromatic carbocycles. The van der Waals surface area contributed by atoms with Crippen LogP contribution in [0.4, 0.5) is 18.9 Å². The number of anilines is 1. The van der Waals surface area contributed by atoms with Crippen LogP contribution in [0, 0.1) is 0 Å². The van der Waals surface area contributed by atoms with Gasteiger partial charge in [-0.1, -0.05) is 23.7 Å². The molecule has 0 spiro atoms. The smallest absolute Gasteiger partial charge is 0.406 e. The van der Waals surface area contributed by atoms with Crippen molar-refractivity contribution in [3.05, 3.63) is 53.6 Å². The van der Waals surface area contributed by atoms with Crippen LogP contribution >= 0.6 is 11.6 Å². The largest absolute Gasteiger partial charge is 0.573 e. The molecule has 1 saturated heterocycles. The molecule has 2 heterocycles. The minimum Gasteiger partial charge on any atom is -0.406 e. The minimum absolute atomic E-state index is 0.289. The van der Waals surface area contributed by atoms with E-state index in [-0.39, 0.29) is 5.75 Å². The molecule has 0 atom stereocenters. The van der Waals surface area contributed by atoms with Crippen LogP contribution in [0.1, 0.15) is 12.8 Å². The van der Waals surface area contributed by atoms with Crippen molar-refractivity contribution < 1.29 is 17.9 Å². The zero-order chi connectivity index (χ0) is 19.0. The monoisotopic (exact) mass is 392 g/mol. The van der Waals surface area contributed by atoms with Crippen LogP contribution in [0.25, 0.3) is 22.2 Å². The highest BCUT2D eigenvalue weighted by molar-refractivity contribution is 6.35. The number of nitrogens with zero attached hydrogens (tertiary/aromatic N) is 2. The van der Waals surface area contributed by atoms with Gasteiger partial charge in [-0.25, -0.2) is 4.98 Å². The first-order valence-electron chi connectivity index (χ1n) is 8.60. The van der Waals surface area contributed by atoms with E-state index in [0.29, 0.717) is 21.8 Å². The number of ether oxygens (including phenoxy) is 1. The van der Waals surface area contributed by atoms with E-state index in [1.165, 1.54) is 31.0 Å². The van der Waals surface area contributed by atoms with E-state index in [1.54, 1.807) is 12.1 Å². The van der Waals surface area contributed by atoms with Crippen LogP contribution in [-0.2, 0) is 0 Å². The normalized spacial score (nSPS) is 14.7. The van der Waals surface area contributed by atoms with Crippen LogP contribution in [0.15, 0.2) is 48.5 Å². The fourth-order valence-electron chi connectivity index (χ4n) is 3.35. The lowest BCUT2D eigenvalue weighted by molar-refractivity contribution is -0.274. The summed E-state index contributed by atoms with van der Waals surface area (Å²) < 4.78 is 41.3. The summed E-state index contributed by atoms with van der Waals surface area (Å²) in [4.78, 5) is 6.88. The maximum absolute atomic E-state index is 12.5. The number of hydrogen-bond acceptors (Lipinski definition) is 3. The average molecular weight is 393 g/mol. The van der Waals surface area contributed by atoms with Crippen molar-refractivity contribution in [1.29, 1.82) is 0 Å². The average Bonchev–Trinajstić information content (AvgIpc) is 3.15. The van der Waals surface area contributed by atoms with Crippen molar-refractivity contribution in [2.24, 2.45) is 0 Å². The molecule has 7 heteroatoms. The van der Waals surface area contributed by atoms with Crippen LogP contribution in [0.5, 0.6) is 5.75 Å². The second-order valence-corrected chi connectivity index (χ2v) is 6.87. The summed E-state index contributed by atoms with van der Waals surface area (Å²) in [6, 6.07) is 13.3. The van der Waals surface area contributed by atoms with Gasteiger partial charge in [-0.05, 0) is 49.2 Å². The van der Waals surface area contributed by atoms with Gasteiger partial charge >= 0.3 is 6.36 Å². The number of alkyl halides is 3. The molecule has 3 nitrogen and oxygen atoms in total. The van der Waals surface area contributed by atoms with Gasteiger partial charge in [0.15, 0.2) is 0 Å². The van der Waals surface area contributed by atoms with Crippen molar-refractivity contribution in [3.63, 3.8) is 0 Å². The number of fused-ring (bicyclic) bond motifs is 1. The van der Waals surface area contributed by atoms with Crippen LogP contribution in [-0.4, -0.2) is 24.4 Å². The Kier molecular flexibility index (Phi) is 4.60. The Morgan fingerprint density at radius 1 is 1.00 bits per heavy atom. The predicted octanol–water partition coefficient (Wildman–Crippen LogP) is 6.05. The van der Waals surface area contributed by atoms with E-state index in [0.717, 1.165) is 24.2 Å². The van der Waals surface area contributed by atoms with Gasteiger partial charge in [-0.3, -0.25) is 0 Å². The van der Waals surface area contributed by atoms with Crippen molar-refractivity contribution in [2.45, 2.75) is 19.2 Å². The minimum atomic E-state index is -4.74. The number of benzene rings is 2. The van der Waals surface area contributed by atoms with E-state index < -0.39 is 6.36 Å². The molecule has 0 amide bonds. The van der Waals surface area contributed by atoms with Gasteiger partial charge < -0.3 is 9.64 Å². The van der Waals surface area contributed by atoms with Gasteiger partial charge in [0.25, 0.3) is 0 Å². The molecule has 3 aromatic rings. The van der Waals surface area contributed by atoms with Crippen molar-refractivity contribution in [2.75, 3.05) is 18.0 Å². The predicted molar refractivity (Wildman–Crippen MR) is 100 cm³/mol. The van der Waals surface area contributed by atoms with Crippen LogP contribution in [0.2, 0.25) is 5.02 Å². The Morgan fingerprint density at radius 3 is 2.52 bits per heavy atom. The first-order chi connectivity index (χ1) is 12.9. The number of pyridine rings is 1. The van der Waals surface area contributed by atoms with E-state index in [4.69, 9.17) is 11.6 Å². The van der Waals surface area contributed by atoms with Crippen LogP contribution < -0.4 is 9.64 Å². The summed E-state index contributed by atoms with van der Waals surface area (Å²) in [7, 11) is 0. The van der Waals surface area contributed by atoms with Gasteiger partial charge in [-0.2, -0.15) is 0 Å². The fraction of sp³-hybridized carbons (Fsp3) is 0.250. The molecule has 0 bridgehead atoms. The first-order valence-corrected chi connectivity index (χ1v) is 8.98. The topological polar surface area (TPSA) is 25.4 Å². The Morgan fingerprint density at radius 2 is 1.78 bits per heavy atom. The van der Waals surface area contributed by atoms with E-state index in [2.05, 4.69) is 14.6 Å². The molecule has 4 rings (SSSR count). The van der Waals surface area contributed by atoms with Gasteiger partial charge in [-0.15, -0.1) is 13.2 Å². The molecule has 0 aliphatic carbocycles. The lowest BCUT2D eigenvalue weighted by Crippen LogP contribution is -2.17. The number of rotatable bonds is 3. The molecule has 0 unspecified atom stereocenters. The summed E-state index contributed by atoms with van der Waals surface area (Å²) in [6.45, 7) is 2.06. The fourth-order valence-corrected chi connectivity index (χ4v) is 3.60. The zero-order valence-corrected chi connectivity index (χ0v) is 15.0. The number of aromatic nitrogens is 1. The first kappa shape index (κ1) is 17.9. The zero-order valence-electron chi connectivity index (χ0n) is 14.3. The van der Waals surface area contributed by atoms with E-state index >= 15 is 0 Å². The molecular weight excluding hydrogens is 377 g/mol. The van der Waals surface area contributed by atoms with E-state index in [9.17, 15) is 13.2 Å². The van der Waals surface area contributed by atoms with Crippen molar-refractivity contribution >= 4 is 28.2 Å². The molecule has 1 aromatic heterocycles. The molecule has 1 fully saturated rings. The summed E-state index contributed by atoms with van der Waals surface area (Å²) in [5, 5.41) is 1.34. The van der Waals surface area contributed by atoms with Gasteiger partial charge in [0.1, 0.15) is 5.75 Å². The summed E-state index contributed by atoms with van der Waals surface area (Å²) in [5.41, 5.74) is 2.80. The third-order valence-corrected chi connectivity index (χ3v) is 4.89. The lowest BCUT2D eigenvalue weighted by Gasteiger charge is -2.18. The second-order valence-electron chi connectivity index (χ2n) is 6.46. The number of halogens is 4. The van der Waals surface area contributed by atoms with Gasteiger partial charge in [0, 0.05) is 29.7 Å². The highest BCUT2D eigenvalue weighted by Crippen LogP contribution is 2.33. The summed E-state index contributed by atoms with van der Waals surface area (Å²) in [6.07, 6.45) is -2.38. The Bertz CT molecular complexity index is 985. The maximum Gasteiger partial charge on any atom is 0.573 e. The second kappa shape index (κ2) is 6.93. The molecule has 0 saturated carbocycles. The molecule has 27 heavy (non-hydrogen) atoms. The Balaban J connectivity index is 1.71. The molecule has 0 N–H and O–H groups in total. The van der Waals surface area contributed by atoms with Crippen molar-refractivity contribution in [3.8, 4) is 17.0 Å². The summed E-state index contributed by atoms with van der Waals surface area (Å²) in [5.74, 6) is -0.289. The Labute approximate surface area is 159 Å². The van der Waals surface area contributed by atoms with Crippen LogP contribution in [0.3, 0.4) is 0 Å². The highest BCUT2D eigenvalue weighted by Gasteiger charge is 2.31.